The van der Waals surface area contributed by atoms with Crippen LogP contribution in [-0.4, -0.2) is 54.8 Å². The summed E-state index contributed by atoms with van der Waals surface area (Å²) in [5.41, 5.74) is 3.00. The molecule has 3 amide bonds. The number of hydrogen-bond acceptors (Lipinski definition) is 8. The van der Waals surface area contributed by atoms with E-state index in [4.69, 9.17) is 21.1 Å². The van der Waals surface area contributed by atoms with Gasteiger partial charge in [-0.1, -0.05) is 23.7 Å². The molecule has 36 heavy (non-hydrogen) atoms. The van der Waals surface area contributed by atoms with E-state index in [2.05, 4.69) is 10.1 Å². The minimum atomic E-state index is -0.596. The van der Waals surface area contributed by atoms with Crippen LogP contribution in [0.25, 0.3) is 6.08 Å². The van der Waals surface area contributed by atoms with Gasteiger partial charge in [-0.2, -0.15) is 0 Å². The van der Waals surface area contributed by atoms with Crippen LogP contribution in [-0.2, 0) is 19.1 Å². The lowest BCUT2D eigenvalue weighted by molar-refractivity contribution is -0.143. The fraction of sp³-hybridized carbons (Fsp3) is 0.280. The molecule has 1 N–H and O–H groups in total. The van der Waals surface area contributed by atoms with Gasteiger partial charge >= 0.3 is 5.97 Å². The van der Waals surface area contributed by atoms with Crippen molar-refractivity contribution in [1.82, 2.24) is 4.90 Å². The number of amides is 3. The highest BCUT2D eigenvalue weighted by molar-refractivity contribution is 8.18. The lowest BCUT2D eigenvalue weighted by Gasteiger charge is -2.14. The van der Waals surface area contributed by atoms with Crippen molar-refractivity contribution in [2.75, 3.05) is 32.2 Å². The monoisotopic (exact) mass is 532 g/mol. The number of carbonyl (C=O) groups is 4. The maximum absolute atomic E-state index is 12.9. The maximum Gasteiger partial charge on any atom is 0.343 e. The molecular weight excluding hydrogens is 508 g/mol. The first-order valence-electron chi connectivity index (χ1n) is 10.9. The first-order chi connectivity index (χ1) is 17.1. The number of thioether (sulfide) groups is 1. The van der Waals surface area contributed by atoms with Gasteiger partial charge in [-0.25, -0.2) is 4.79 Å². The molecule has 1 heterocycles. The Kier molecular flexibility index (Phi) is 9.00. The Labute approximate surface area is 217 Å². The zero-order valence-corrected chi connectivity index (χ0v) is 21.7. The predicted octanol–water partition coefficient (Wildman–Crippen LogP) is 4.58. The van der Waals surface area contributed by atoms with E-state index in [0.29, 0.717) is 17.9 Å². The van der Waals surface area contributed by atoms with Crippen LogP contribution < -0.4 is 14.8 Å². The molecule has 0 aromatic heterocycles. The third kappa shape index (κ3) is 6.38. The quantitative estimate of drug-likeness (QED) is 0.369. The molecule has 1 saturated heterocycles. The Bertz CT molecular complexity index is 1250. The van der Waals surface area contributed by atoms with Crippen molar-refractivity contribution in [3.05, 3.63) is 56.9 Å². The van der Waals surface area contributed by atoms with Gasteiger partial charge in [0.25, 0.3) is 11.1 Å². The van der Waals surface area contributed by atoms with E-state index in [1.165, 1.54) is 19.3 Å². The highest BCUT2D eigenvalue weighted by Gasteiger charge is 2.36. The third-order valence-corrected chi connectivity index (χ3v) is 6.43. The Morgan fingerprint density at radius 1 is 1.17 bits per heavy atom. The summed E-state index contributed by atoms with van der Waals surface area (Å²) in [5, 5.41) is 2.33. The predicted molar refractivity (Wildman–Crippen MR) is 137 cm³/mol. The molecule has 1 fully saturated rings. The largest absolute Gasteiger partial charge is 0.490 e. The van der Waals surface area contributed by atoms with Crippen molar-refractivity contribution in [3.8, 4) is 11.5 Å². The number of carbonyl (C=O) groups excluding carboxylic acids is 4. The minimum Gasteiger partial charge on any atom is -0.490 e. The Morgan fingerprint density at radius 2 is 1.92 bits per heavy atom. The molecule has 0 unspecified atom stereocenters. The van der Waals surface area contributed by atoms with Crippen molar-refractivity contribution in [1.29, 1.82) is 0 Å². The normalized spacial score (nSPS) is 14.2. The zero-order chi connectivity index (χ0) is 26.4. The number of nitrogens with one attached hydrogen (secondary N) is 1. The van der Waals surface area contributed by atoms with Gasteiger partial charge < -0.3 is 19.5 Å². The summed E-state index contributed by atoms with van der Waals surface area (Å²) in [6, 6.07) is 8.58. The van der Waals surface area contributed by atoms with E-state index in [9.17, 15) is 19.2 Å². The van der Waals surface area contributed by atoms with Crippen molar-refractivity contribution >= 4 is 58.1 Å². The molecule has 2 aromatic rings. The van der Waals surface area contributed by atoms with E-state index in [1.807, 2.05) is 26.0 Å². The van der Waals surface area contributed by atoms with Gasteiger partial charge in [0.2, 0.25) is 5.91 Å². The van der Waals surface area contributed by atoms with Gasteiger partial charge in [0.15, 0.2) is 18.1 Å². The van der Waals surface area contributed by atoms with E-state index in [-0.39, 0.29) is 28.0 Å². The number of imide groups is 1. The van der Waals surface area contributed by atoms with Crippen LogP contribution in [0.1, 0.15) is 23.6 Å². The number of methoxy groups -OCH3 is 1. The molecule has 1 aliphatic rings. The highest BCUT2D eigenvalue weighted by Crippen LogP contribution is 2.39. The molecule has 3 rings (SSSR count). The molecule has 190 valence electrons. The Balaban J connectivity index is 1.77. The van der Waals surface area contributed by atoms with Crippen molar-refractivity contribution < 1.29 is 33.4 Å². The van der Waals surface area contributed by atoms with Crippen molar-refractivity contribution in [2.24, 2.45) is 0 Å². The number of aryl methyl sites for hydroxylation is 1. The van der Waals surface area contributed by atoms with Crippen LogP contribution in [0.4, 0.5) is 10.5 Å². The lowest BCUT2D eigenvalue weighted by atomic mass is 10.1. The average molecular weight is 533 g/mol. The first-order valence-corrected chi connectivity index (χ1v) is 12.1. The Hall–Kier alpha value is -3.50. The van der Waals surface area contributed by atoms with Gasteiger partial charge in [0, 0.05) is 5.69 Å². The molecular formula is C25H25ClN2O7S. The summed E-state index contributed by atoms with van der Waals surface area (Å²) < 4.78 is 15.6. The van der Waals surface area contributed by atoms with Crippen LogP contribution in [0.2, 0.25) is 5.02 Å². The lowest BCUT2D eigenvalue weighted by Crippen LogP contribution is -2.36. The van der Waals surface area contributed by atoms with Gasteiger partial charge in [0.1, 0.15) is 6.54 Å². The third-order valence-electron chi connectivity index (χ3n) is 5.25. The molecule has 0 spiro atoms. The summed E-state index contributed by atoms with van der Waals surface area (Å²) in [6.07, 6.45) is 1.48. The molecule has 2 aromatic carbocycles. The van der Waals surface area contributed by atoms with E-state index in [1.54, 1.807) is 19.1 Å². The van der Waals surface area contributed by atoms with Crippen LogP contribution in [0.15, 0.2) is 35.2 Å². The second-order valence-electron chi connectivity index (χ2n) is 7.69. The fourth-order valence-electron chi connectivity index (χ4n) is 3.27. The summed E-state index contributed by atoms with van der Waals surface area (Å²) in [6.45, 7) is 5.08. The van der Waals surface area contributed by atoms with Crippen molar-refractivity contribution in [3.63, 3.8) is 0 Å². The fourth-order valence-corrected chi connectivity index (χ4v) is 4.38. The molecule has 9 nitrogen and oxygen atoms in total. The summed E-state index contributed by atoms with van der Waals surface area (Å²) in [5.74, 6) is -1.26. The van der Waals surface area contributed by atoms with E-state index < -0.39 is 29.6 Å². The van der Waals surface area contributed by atoms with E-state index in [0.717, 1.165) is 27.8 Å². The minimum absolute atomic E-state index is 0.126. The van der Waals surface area contributed by atoms with Gasteiger partial charge in [-0.05, 0) is 73.5 Å². The highest BCUT2D eigenvalue weighted by atomic mass is 35.5. The molecule has 0 aliphatic carbocycles. The molecule has 0 atom stereocenters. The molecule has 11 heteroatoms. The number of nitrogens with zero attached hydrogens (tertiary/aromatic N) is 1. The maximum atomic E-state index is 12.9. The van der Waals surface area contributed by atoms with Crippen LogP contribution in [0.5, 0.6) is 11.5 Å². The number of anilines is 1. The number of halogens is 1. The Morgan fingerprint density at radius 3 is 2.61 bits per heavy atom. The van der Waals surface area contributed by atoms with Gasteiger partial charge in [-0.15, -0.1) is 0 Å². The number of ether oxygens (including phenoxy) is 3. The topological polar surface area (TPSA) is 111 Å². The smallest absolute Gasteiger partial charge is 0.343 e. The number of esters is 1. The van der Waals surface area contributed by atoms with Crippen LogP contribution in [0, 0.1) is 13.8 Å². The van der Waals surface area contributed by atoms with Gasteiger partial charge in [-0.3, -0.25) is 19.3 Å². The summed E-state index contributed by atoms with van der Waals surface area (Å²) in [7, 11) is 1.24. The summed E-state index contributed by atoms with van der Waals surface area (Å²) in [4.78, 5) is 50.4. The van der Waals surface area contributed by atoms with E-state index >= 15 is 0 Å². The zero-order valence-electron chi connectivity index (χ0n) is 20.2. The second kappa shape index (κ2) is 12.0. The van der Waals surface area contributed by atoms with Crippen molar-refractivity contribution in [2.45, 2.75) is 20.8 Å². The standard InChI is InChI=1S/C25H25ClN2O7S/c1-5-34-19-10-16(9-17(26)23(19)35-13-22(30)33-4)11-20-24(31)28(25(32)36-20)12-21(29)27-18-8-6-7-14(2)15(18)3/h6-11H,5,12-13H2,1-4H3,(H,27,29)/b20-11-. The number of rotatable bonds is 9. The number of benzene rings is 2. The van der Waals surface area contributed by atoms with Crippen LogP contribution in [0.3, 0.4) is 0 Å². The molecule has 0 radical (unpaired) electrons. The molecule has 0 saturated carbocycles. The van der Waals surface area contributed by atoms with Crippen LogP contribution >= 0.6 is 23.4 Å². The van der Waals surface area contributed by atoms with Gasteiger partial charge in [0.05, 0.1) is 23.6 Å². The molecule has 1 aliphatic heterocycles. The SMILES string of the molecule is CCOc1cc(/C=C2\SC(=O)N(CC(=O)Nc3cccc(C)c3C)C2=O)cc(Cl)c1OCC(=O)OC. The number of hydrogen-bond donors (Lipinski definition) is 1. The summed E-state index contributed by atoms with van der Waals surface area (Å²) >= 11 is 7.06. The first kappa shape index (κ1) is 27.1. The second-order valence-corrected chi connectivity index (χ2v) is 9.09. The molecule has 0 bridgehead atoms. The average Bonchev–Trinajstić information content (AvgIpc) is 3.08.